The van der Waals surface area contributed by atoms with Crippen molar-refractivity contribution in [3.05, 3.63) is 0 Å². The zero-order valence-electron chi connectivity index (χ0n) is 15.5. The summed E-state index contributed by atoms with van der Waals surface area (Å²) in [4.78, 5) is 11.4. The fourth-order valence-electron chi connectivity index (χ4n) is 3.08. The van der Waals surface area contributed by atoms with Crippen LogP contribution in [0.25, 0.3) is 0 Å². The molecule has 0 aromatic heterocycles. The van der Waals surface area contributed by atoms with Gasteiger partial charge >= 0.3 is 0 Å². The maximum Gasteiger partial charge on any atom is 0.163 e. The average Bonchev–Trinajstić information content (AvgIpc) is 3.41. The number of hydrogen-bond acceptors (Lipinski definition) is 4. The molecule has 4 nitrogen and oxygen atoms in total. The quantitative estimate of drug-likeness (QED) is 0.308. The zero-order valence-corrected chi connectivity index (χ0v) is 15.5. The molecular formula is C20H38O4. The van der Waals surface area contributed by atoms with Crippen molar-refractivity contribution in [3.63, 3.8) is 0 Å². The Kier molecular flexibility index (Phi) is 12.4. The highest BCUT2D eigenvalue weighted by Gasteiger charge is 2.29. The van der Waals surface area contributed by atoms with Crippen LogP contribution >= 0.6 is 0 Å². The molecule has 0 amide bonds. The normalized spacial score (nSPS) is 19.2. The van der Waals surface area contributed by atoms with E-state index in [4.69, 9.17) is 4.74 Å². The van der Waals surface area contributed by atoms with Crippen molar-refractivity contribution < 1.29 is 19.7 Å². The number of aliphatic hydroxyl groups excluding tert-OH is 2. The number of epoxide rings is 1. The van der Waals surface area contributed by atoms with Crippen LogP contribution in [0.4, 0.5) is 0 Å². The van der Waals surface area contributed by atoms with Gasteiger partial charge in [-0.25, -0.2) is 0 Å². The van der Waals surface area contributed by atoms with Crippen LogP contribution in [0.1, 0.15) is 96.8 Å². The largest absolute Gasteiger partial charge is 0.393 e. The SMILES string of the molecule is CCCCCCC(O)CCC(O)CCCCCCCC(=O)C1CO1. The van der Waals surface area contributed by atoms with E-state index in [0.717, 1.165) is 57.8 Å². The number of ether oxygens (including phenoxy) is 1. The molecule has 0 bridgehead atoms. The summed E-state index contributed by atoms with van der Waals surface area (Å²) in [6, 6.07) is 0. The lowest BCUT2D eigenvalue weighted by Crippen LogP contribution is -2.13. The van der Waals surface area contributed by atoms with Gasteiger partial charge in [0.15, 0.2) is 5.78 Å². The Morgan fingerprint density at radius 1 is 0.875 bits per heavy atom. The molecule has 0 saturated carbocycles. The Balaban J connectivity index is 1.83. The molecule has 0 radical (unpaired) electrons. The summed E-state index contributed by atoms with van der Waals surface area (Å²) in [7, 11) is 0. The van der Waals surface area contributed by atoms with Crippen LogP contribution in [-0.2, 0) is 9.53 Å². The number of rotatable bonds is 17. The summed E-state index contributed by atoms with van der Waals surface area (Å²) in [5.41, 5.74) is 0. The van der Waals surface area contributed by atoms with Gasteiger partial charge in [-0.05, 0) is 32.1 Å². The van der Waals surface area contributed by atoms with Crippen LogP contribution < -0.4 is 0 Å². The van der Waals surface area contributed by atoms with Gasteiger partial charge in [0, 0.05) is 6.42 Å². The molecule has 0 aromatic rings. The Labute approximate surface area is 148 Å². The van der Waals surface area contributed by atoms with Gasteiger partial charge < -0.3 is 14.9 Å². The summed E-state index contributed by atoms with van der Waals surface area (Å²) in [5.74, 6) is 0.263. The highest BCUT2D eigenvalue weighted by molar-refractivity contribution is 5.84. The van der Waals surface area contributed by atoms with Crippen LogP contribution in [-0.4, -0.2) is 40.9 Å². The molecule has 0 aromatic carbocycles. The molecule has 142 valence electrons. The lowest BCUT2D eigenvalue weighted by molar-refractivity contribution is -0.120. The van der Waals surface area contributed by atoms with E-state index in [-0.39, 0.29) is 24.1 Å². The maximum atomic E-state index is 11.4. The van der Waals surface area contributed by atoms with Crippen molar-refractivity contribution in [2.24, 2.45) is 0 Å². The molecular weight excluding hydrogens is 304 g/mol. The molecule has 1 heterocycles. The molecule has 24 heavy (non-hydrogen) atoms. The average molecular weight is 343 g/mol. The van der Waals surface area contributed by atoms with Crippen molar-refractivity contribution in [3.8, 4) is 0 Å². The number of hydrogen-bond donors (Lipinski definition) is 2. The topological polar surface area (TPSA) is 70.1 Å². The van der Waals surface area contributed by atoms with Gasteiger partial charge in [0.2, 0.25) is 0 Å². The monoisotopic (exact) mass is 342 g/mol. The van der Waals surface area contributed by atoms with E-state index in [1.54, 1.807) is 0 Å². The van der Waals surface area contributed by atoms with E-state index in [1.165, 1.54) is 19.3 Å². The van der Waals surface area contributed by atoms with Gasteiger partial charge in [0.05, 0.1) is 18.8 Å². The first-order valence-corrected chi connectivity index (χ1v) is 10.1. The molecule has 3 atom stereocenters. The van der Waals surface area contributed by atoms with Gasteiger partial charge in [-0.15, -0.1) is 0 Å². The second-order valence-corrected chi connectivity index (χ2v) is 7.33. The zero-order chi connectivity index (χ0) is 17.6. The van der Waals surface area contributed by atoms with Crippen LogP contribution in [0, 0.1) is 0 Å². The second-order valence-electron chi connectivity index (χ2n) is 7.33. The summed E-state index contributed by atoms with van der Waals surface area (Å²) >= 11 is 0. The Morgan fingerprint density at radius 3 is 1.92 bits per heavy atom. The van der Waals surface area contributed by atoms with Crippen LogP contribution in [0.5, 0.6) is 0 Å². The molecule has 1 aliphatic heterocycles. The van der Waals surface area contributed by atoms with Gasteiger partial charge in [0.1, 0.15) is 6.10 Å². The highest BCUT2D eigenvalue weighted by Crippen LogP contribution is 2.17. The maximum absolute atomic E-state index is 11.4. The number of Topliss-reactive ketones (excluding diaryl/α,β-unsaturated/α-hetero) is 1. The molecule has 2 N–H and O–H groups in total. The molecule has 1 fully saturated rings. The van der Waals surface area contributed by atoms with E-state index in [0.29, 0.717) is 19.4 Å². The van der Waals surface area contributed by atoms with Crippen molar-refractivity contribution in [1.29, 1.82) is 0 Å². The molecule has 0 aliphatic carbocycles. The number of unbranched alkanes of at least 4 members (excludes halogenated alkanes) is 7. The minimum absolute atomic E-state index is 0.0813. The van der Waals surface area contributed by atoms with E-state index < -0.39 is 0 Å². The van der Waals surface area contributed by atoms with Crippen molar-refractivity contribution in [1.82, 2.24) is 0 Å². The fraction of sp³-hybridized carbons (Fsp3) is 0.950. The third kappa shape index (κ3) is 12.0. The fourth-order valence-corrected chi connectivity index (χ4v) is 3.08. The smallest absolute Gasteiger partial charge is 0.163 e. The number of carbonyl (C=O) groups is 1. The Hall–Kier alpha value is -0.450. The van der Waals surface area contributed by atoms with Gasteiger partial charge in [-0.2, -0.15) is 0 Å². The number of carbonyl (C=O) groups excluding carboxylic acids is 1. The third-order valence-corrected chi connectivity index (χ3v) is 4.88. The van der Waals surface area contributed by atoms with E-state index in [1.807, 2.05) is 0 Å². The molecule has 0 spiro atoms. The first kappa shape index (κ1) is 21.6. The van der Waals surface area contributed by atoms with E-state index in [2.05, 4.69) is 6.92 Å². The molecule has 1 rings (SSSR count). The van der Waals surface area contributed by atoms with Crippen molar-refractivity contribution in [2.45, 2.75) is 115 Å². The highest BCUT2D eigenvalue weighted by atomic mass is 16.6. The van der Waals surface area contributed by atoms with Crippen LogP contribution in [0.3, 0.4) is 0 Å². The summed E-state index contributed by atoms with van der Waals surface area (Å²) in [6.45, 7) is 2.82. The van der Waals surface area contributed by atoms with Gasteiger partial charge in [-0.1, -0.05) is 58.3 Å². The summed E-state index contributed by atoms with van der Waals surface area (Å²) in [6.07, 6.45) is 13.3. The van der Waals surface area contributed by atoms with E-state index >= 15 is 0 Å². The standard InChI is InChI=1S/C20H38O4/c1-2-3-4-8-11-17(21)14-15-18(22)12-9-6-5-7-10-13-19(23)20-16-24-20/h17-18,20-22H,2-16H2,1H3. The summed E-state index contributed by atoms with van der Waals surface area (Å²) in [5, 5.41) is 19.9. The summed E-state index contributed by atoms with van der Waals surface area (Å²) < 4.78 is 4.97. The van der Waals surface area contributed by atoms with Gasteiger partial charge in [-0.3, -0.25) is 4.79 Å². The number of ketones is 1. The number of aliphatic hydroxyl groups is 2. The molecule has 3 unspecified atom stereocenters. The third-order valence-electron chi connectivity index (χ3n) is 4.88. The lowest BCUT2D eigenvalue weighted by Gasteiger charge is -2.14. The van der Waals surface area contributed by atoms with E-state index in [9.17, 15) is 15.0 Å². The van der Waals surface area contributed by atoms with Crippen molar-refractivity contribution >= 4 is 5.78 Å². The van der Waals surface area contributed by atoms with Crippen LogP contribution in [0.2, 0.25) is 0 Å². The predicted molar refractivity (Wildman–Crippen MR) is 97.1 cm³/mol. The predicted octanol–water partition coefficient (Wildman–Crippen LogP) is 4.16. The molecule has 4 heteroatoms. The Morgan fingerprint density at radius 2 is 1.38 bits per heavy atom. The molecule has 1 aliphatic rings. The minimum atomic E-state index is -0.274. The first-order valence-electron chi connectivity index (χ1n) is 10.1. The Bertz CT molecular complexity index is 315. The van der Waals surface area contributed by atoms with Crippen LogP contribution in [0.15, 0.2) is 0 Å². The first-order chi connectivity index (χ1) is 11.6. The lowest BCUT2D eigenvalue weighted by atomic mass is 10.00. The molecule has 1 saturated heterocycles. The minimum Gasteiger partial charge on any atom is -0.393 e. The van der Waals surface area contributed by atoms with Gasteiger partial charge in [0.25, 0.3) is 0 Å². The second kappa shape index (κ2) is 13.8. The van der Waals surface area contributed by atoms with Crippen molar-refractivity contribution in [2.75, 3.05) is 6.61 Å².